The molecule has 0 amide bonds. The Balaban J connectivity index is 4.60. The maximum atomic E-state index is 11.0. The first kappa shape index (κ1) is 26.1. The molecule has 0 aromatic heterocycles. The molecule has 0 aliphatic heterocycles. The van der Waals surface area contributed by atoms with Gasteiger partial charge in [0.05, 0.1) is 45.4 Å². The molecule has 7 nitrogen and oxygen atoms in total. The third-order valence-corrected chi connectivity index (χ3v) is 5.06. The van der Waals surface area contributed by atoms with Crippen molar-refractivity contribution < 1.29 is 34.2 Å². The molecule has 0 aliphatic carbocycles. The van der Waals surface area contributed by atoms with Crippen LogP contribution in [0.5, 0.6) is 0 Å². The van der Waals surface area contributed by atoms with Crippen LogP contribution in [0.1, 0.15) is 77.6 Å². The highest BCUT2D eigenvalue weighted by Gasteiger charge is 2.29. The van der Waals surface area contributed by atoms with E-state index in [4.69, 9.17) is 15.3 Å². The summed E-state index contributed by atoms with van der Waals surface area (Å²) >= 11 is 0. The summed E-state index contributed by atoms with van der Waals surface area (Å²) in [5, 5.41) is 27.1. The molecule has 0 aromatic rings. The van der Waals surface area contributed by atoms with Gasteiger partial charge in [-0.2, -0.15) is 0 Å². The number of aliphatic carboxylic acids is 3. The van der Waals surface area contributed by atoms with Crippen LogP contribution in [0.25, 0.3) is 0 Å². The zero-order valence-electron chi connectivity index (χ0n) is 17.3. The molecule has 0 spiro atoms. The van der Waals surface area contributed by atoms with Crippen molar-refractivity contribution in [2.45, 2.75) is 77.6 Å². The Hall–Kier alpha value is -1.89. The summed E-state index contributed by atoms with van der Waals surface area (Å²) in [6, 6.07) is 0. The fourth-order valence-electron chi connectivity index (χ4n) is 3.30. The van der Waals surface area contributed by atoms with Gasteiger partial charge in [0.15, 0.2) is 0 Å². The van der Waals surface area contributed by atoms with Crippen molar-refractivity contribution in [3.05, 3.63) is 12.2 Å². The Bertz CT molecular complexity index is 444. The first-order valence-corrected chi connectivity index (χ1v) is 10.5. The van der Waals surface area contributed by atoms with E-state index in [1.165, 1.54) is 32.1 Å². The molecule has 0 aromatic carbocycles. The first-order valence-electron chi connectivity index (χ1n) is 10.5. The molecule has 0 aliphatic rings. The molecule has 0 fully saturated rings. The summed E-state index contributed by atoms with van der Waals surface area (Å²) in [4.78, 5) is 33.0. The van der Waals surface area contributed by atoms with E-state index < -0.39 is 17.9 Å². The molecule has 0 saturated heterocycles. The number of hydrogen-bond donors (Lipinski definition) is 3. The minimum Gasteiger partial charge on any atom is -0.481 e. The van der Waals surface area contributed by atoms with E-state index >= 15 is 0 Å². The predicted octanol–water partition coefficient (Wildman–Crippen LogP) is 3.92. The summed E-state index contributed by atoms with van der Waals surface area (Å²) in [5.74, 6) is -2.86. The Kier molecular flexibility index (Phi) is 15.0. The van der Waals surface area contributed by atoms with Crippen molar-refractivity contribution >= 4 is 17.9 Å². The zero-order valence-corrected chi connectivity index (χ0v) is 17.3. The maximum Gasteiger partial charge on any atom is 0.309 e. The van der Waals surface area contributed by atoms with Crippen molar-refractivity contribution in [2.24, 2.45) is 0 Å². The Morgan fingerprint density at radius 2 is 1.07 bits per heavy atom. The Morgan fingerprint density at radius 3 is 1.54 bits per heavy atom. The van der Waals surface area contributed by atoms with Crippen LogP contribution in [0.2, 0.25) is 0 Å². The van der Waals surface area contributed by atoms with Crippen molar-refractivity contribution in [3.63, 3.8) is 0 Å². The molecule has 0 radical (unpaired) electrons. The van der Waals surface area contributed by atoms with Gasteiger partial charge in [-0.05, 0) is 12.8 Å². The van der Waals surface area contributed by atoms with Gasteiger partial charge >= 0.3 is 17.9 Å². The normalized spacial score (nSPS) is 11.8. The average Bonchev–Trinajstić information content (AvgIpc) is 2.63. The molecule has 3 N–H and O–H groups in total. The van der Waals surface area contributed by atoms with Gasteiger partial charge in [-0.3, -0.25) is 14.4 Å². The lowest BCUT2D eigenvalue weighted by Crippen LogP contribution is -2.52. The molecule has 0 unspecified atom stereocenters. The quantitative estimate of drug-likeness (QED) is 0.172. The number of allylic oxidation sites excluding steroid dienone is 1. The molecule has 0 heterocycles. The van der Waals surface area contributed by atoms with Crippen molar-refractivity contribution in [1.29, 1.82) is 0 Å². The molecule has 0 atom stereocenters. The van der Waals surface area contributed by atoms with E-state index in [0.717, 1.165) is 12.8 Å². The third-order valence-electron chi connectivity index (χ3n) is 5.06. The highest BCUT2D eigenvalue weighted by Crippen LogP contribution is 2.15. The van der Waals surface area contributed by atoms with Gasteiger partial charge in [-0.15, -0.1) is 0 Å². The molecule has 0 bridgehead atoms. The van der Waals surface area contributed by atoms with Gasteiger partial charge in [0, 0.05) is 6.42 Å². The summed E-state index contributed by atoms with van der Waals surface area (Å²) in [6.07, 6.45) is 13.0. The number of nitrogens with zero attached hydrogens (tertiary/aromatic N) is 1. The number of carboxylic acid groups (broad SMARTS) is 3. The second-order valence-electron chi connectivity index (χ2n) is 7.48. The molecule has 162 valence electrons. The lowest BCUT2D eigenvalue weighted by Gasteiger charge is -2.37. The van der Waals surface area contributed by atoms with Gasteiger partial charge < -0.3 is 19.8 Å². The summed E-state index contributed by atoms with van der Waals surface area (Å²) in [6.45, 7) is 3.51. The van der Waals surface area contributed by atoms with Crippen LogP contribution < -0.4 is 0 Å². The number of rotatable bonds is 19. The van der Waals surface area contributed by atoms with Crippen LogP contribution >= 0.6 is 0 Å². The topological polar surface area (TPSA) is 112 Å². The van der Waals surface area contributed by atoms with Crippen LogP contribution in [-0.2, 0) is 14.4 Å². The largest absolute Gasteiger partial charge is 0.481 e. The fourth-order valence-corrected chi connectivity index (χ4v) is 3.30. The standard InChI is InChI=1S/C21H37NO6/c1-2-3-4-5-6-7-8-9-10-11-15-22(16-12-19(23)24,17-13-20(25)26)18-14-21(27)28/h9-10H,2-8,11-18H2,1H3,(H2-,23,24,25,26,27,28)/p+1/b10-9+. The van der Waals surface area contributed by atoms with E-state index in [0.29, 0.717) is 13.0 Å². The number of hydrogen-bond acceptors (Lipinski definition) is 3. The lowest BCUT2D eigenvalue weighted by molar-refractivity contribution is -0.926. The van der Waals surface area contributed by atoms with Crippen LogP contribution in [0, 0.1) is 0 Å². The van der Waals surface area contributed by atoms with Gasteiger partial charge in [0.2, 0.25) is 0 Å². The molecular formula is C21H38NO6+. The van der Waals surface area contributed by atoms with Gasteiger partial charge in [-0.1, -0.05) is 51.2 Å². The third kappa shape index (κ3) is 15.2. The molecule has 7 heteroatoms. The van der Waals surface area contributed by atoms with Gasteiger partial charge in [-0.25, -0.2) is 0 Å². The number of quaternary nitrogens is 1. The minimum absolute atomic E-state index is 0.0965. The number of carbonyl (C=O) groups is 3. The maximum absolute atomic E-state index is 11.0. The van der Waals surface area contributed by atoms with E-state index in [1.807, 2.05) is 0 Å². The number of carboxylic acids is 3. The van der Waals surface area contributed by atoms with E-state index in [9.17, 15) is 14.4 Å². The zero-order chi connectivity index (χ0) is 21.3. The highest BCUT2D eigenvalue weighted by molar-refractivity contribution is 5.67. The van der Waals surface area contributed by atoms with E-state index in [-0.39, 0.29) is 43.4 Å². The minimum atomic E-state index is -0.952. The highest BCUT2D eigenvalue weighted by atomic mass is 16.4. The lowest BCUT2D eigenvalue weighted by atomic mass is 10.1. The van der Waals surface area contributed by atoms with E-state index in [1.54, 1.807) is 0 Å². The van der Waals surface area contributed by atoms with Crippen LogP contribution in [-0.4, -0.2) is 63.9 Å². The summed E-state index contributed by atoms with van der Waals surface area (Å²) in [5.41, 5.74) is 0. The summed E-state index contributed by atoms with van der Waals surface area (Å²) < 4.78 is 0.215. The average molecular weight is 401 g/mol. The molecule has 0 saturated carbocycles. The Morgan fingerprint density at radius 1 is 0.643 bits per heavy atom. The fraction of sp³-hybridized carbons (Fsp3) is 0.762. The number of unbranched alkanes of at least 4 members (excludes halogenated alkanes) is 6. The van der Waals surface area contributed by atoms with Crippen LogP contribution in [0.4, 0.5) is 0 Å². The van der Waals surface area contributed by atoms with Crippen LogP contribution in [0.15, 0.2) is 12.2 Å². The molecular weight excluding hydrogens is 362 g/mol. The van der Waals surface area contributed by atoms with Crippen LogP contribution in [0.3, 0.4) is 0 Å². The van der Waals surface area contributed by atoms with Crippen molar-refractivity contribution in [2.75, 3.05) is 26.2 Å². The van der Waals surface area contributed by atoms with Crippen molar-refractivity contribution in [3.8, 4) is 0 Å². The van der Waals surface area contributed by atoms with Gasteiger partial charge in [0.1, 0.15) is 0 Å². The van der Waals surface area contributed by atoms with Gasteiger partial charge in [0.25, 0.3) is 0 Å². The van der Waals surface area contributed by atoms with Crippen molar-refractivity contribution in [1.82, 2.24) is 0 Å². The predicted molar refractivity (Wildman–Crippen MR) is 108 cm³/mol. The smallest absolute Gasteiger partial charge is 0.309 e. The second-order valence-corrected chi connectivity index (χ2v) is 7.48. The van der Waals surface area contributed by atoms with E-state index in [2.05, 4.69) is 19.1 Å². The molecule has 0 rings (SSSR count). The molecule has 28 heavy (non-hydrogen) atoms. The Labute approximate surface area is 168 Å². The first-order chi connectivity index (χ1) is 13.3. The summed E-state index contributed by atoms with van der Waals surface area (Å²) in [7, 11) is 0. The second kappa shape index (κ2) is 16.1. The SMILES string of the molecule is CCCCCCCC/C=C/CC[N+](CCC(=O)O)(CCC(=O)O)CCC(=O)O. The monoisotopic (exact) mass is 400 g/mol.